The molecule has 0 spiro atoms. The lowest BCUT2D eigenvalue weighted by Gasteiger charge is -2.01. The van der Waals surface area contributed by atoms with Crippen molar-refractivity contribution in [1.29, 1.82) is 0 Å². The highest BCUT2D eigenvalue weighted by atomic mass is 32.2. The van der Waals surface area contributed by atoms with E-state index in [-0.39, 0.29) is 16.9 Å². The van der Waals surface area contributed by atoms with E-state index in [1.807, 2.05) is 48.6 Å². The number of phenols is 1. The molecule has 1 unspecified atom stereocenters. The Balaban J connectivity index is 1.63. The highest BCUT2D eigenvalue weighted by molar-refractivity contribution is 8.01. The summed E-state index contributed by atoms with van der Waals surface area (Å²) in [5.74, 6) is 0.263. The Morgan fingerprint density at radius 1 is 1.14 bits per heavy atom. The van der Waals surface area contributed by atoms with Crippen LogP contribution in [0.4, 0.5) is 0 Å². The largest absolute Gasteiger partial charge is 0.508 e. The van der Waals surface area contributed by atoms with Gasteiger partial charge in [-0.25, -0.2) is 4.98 Å². The lowest BCUT2D eigenvalue weighted by molar-refractivity contribution is 0.0927. The Hall–Kier alpha value is -2.53. The number of benzene rings is 2. The van der Waals surface area contributed by atoms with Crippen LogP contribution in [0.3, 0.4) is 0 Å². The molecule has 0 saturated carbocycles. The van der Waals surface area contributed by atoms with Gasteiger partial charge in [-0.05, 0) is 29.8 Å². The molecule has 0 amide bonds. The van der Waals surface area contributed by atoms with Crippen molar-refractivity contribution in [2.45, 2.75) is 10.4 Å². The average molecular weight is 308 g/mol. The molecule has 108 valence electrons. The van der Waals surface area contributed by atoms with Crippen LogP contribution in [0.15, 0.2) is 59.8 Å². The Labute approximate surface area is 131 Å². The van der Waals surface area contributed by atoms with E-state index in [4.69, 9.17) is 0 Å². The molecule has 2 heterocycles. The number of thioether (sulfide) groups is 1. The zero-order chi connectivity index (χ0) is 15.1. The molecule has 0 fully saturated rings. The van der Waals surface area contributed by atoms with Gasteiger partial charge < -0.3 is 5.11 Å². The summed E-state index contributed by atoms with van der Waals surface area (Å²) < 4.78 is 1.69. The highest BCUT2D eigenvalue weighted by Crippen LogP contribution is 2.35. The first-order valence-corrected chi connectivity index (χ1v) is 7.76. The molecule has 1 atom stereocenters. The van der Waals surface area contributed by atoms with Gasteiger partial charge in [-0.3, -0.25) is 9.36 Å². The van der Waals surface area contributed by atoms with Crippen LogP contribution in [0.1, 0.15) is 10.4 Å². The molecule has 4 nitrogen and oxygen atoms in total. The molecule has 22 heavy (non-hydrogen) atoms. The topological polar surface area (TPSA) is 55.1 Å². The Kier molecular flexibility index (Phi) is 3.01. The minimum atomic E-state index is -0.263. The monoisotopic (exact) mass is 308 g/mol. The molecular formula is C17H12N2O2S. The minimum Gasteiger partial charge on any atom is -0.508 e. The van der Waals surface area contributed by atoms with E-state index in [9.17, 15) is 9.90 Å². The molecule has 0 saturated heterocycles. The maximum Gasteiger partial charge on any atom is 0.250 e. The number of imidazole rings is 1. The maximum atomic E-state index is 12.6. The van der Waals surface area contributed by atoms with Gasteiger partial charge in [-0.1, -0.05) is 48.2 Å². The molecule has 5 heteroatoms. The number of carbonyl (C=O) groups is 1. The number of nitrogens with zero attached hydrogens (tertiary/aromatic N) is 2. The predicted molar refractivity (Wildman–Crippen MR) is 87.1 cm³/mol. The number of hydrogen-bond acceptors (Lipinski definition) is 4. The molecule has 1 N–H and O–H groups in total. The summed E-state index contributed by atoms with van der Waals surface area (Å²) in [5, 5.41) is 9.75. The fourth-order valence-electron chi connectivity index (χ4n) is 2.49. The summed E-state index contributed by atoms with van der Waals surface area (Å²) in [5.41, 5.74) is 2.65. The first kappa shape index (κ1) is 13.2. The lowest BCUT2D eigenvalue weighted by Crippen LogP contribution is -2.15. The molecule has 0 aliphatic carbocycles. The zero-order valence-corrected chi connectivity index (χ0v) is 12.3. The first-order chi connectivity index (χ1) is 10.7. The highest BCUT2D eigenvalue weighted by Gasteiger charge is 2.32. The lowest BCUT2D eigenvalue weighted by atomic mass is 10.2. The second kappa shape index (κ2) is 5.03. The van der Waals surface area contributed by atoms with E-state index in [1.165, 1.54) is 11.8 Å². The number of aromatic nitrogens is 2. The SMILES string of the molecule is O=C1C(/C=C/c2ccc(O)cc2)Sc2nc3ccccc3n21. The van der Waals surface area contributed by atoms with Gasteiger partial charge in [0.2, 0.25) is 0 Å². The van der Waals surface area contributed by atoms with E-state index in [2.05, 4.69) is 4.98 Å². The van der Waals surface area contributed by atoms with Crippen molar-refractivity contribution in [3.8, 4) is 5.75 Å². The third-order valence-electron chi connectivity index (χ3n) is 3.58. The van der Waals surface area contributed by atoms with Crippen LogP contribution in [0, 0.1) is 0 Å². The second-order valence-electron chi connectivity index (χ2n) is 5.05. The molecule has 1 aliphatic rings. The molecule has 1 aliphatic heterocycles. The van der Waals surface area contributed by atoms with Crippen LogP contribution >= 0.6 is 11.8 Å². The molecule has 0 bridgehead atoms. The zero-order valence-electron chi connectivity index (χ0n) is 11.5. The Morgan fingerprint density at radius 3 is 2.73 bits per heavy atom. The molecule has 1 aromatic heterocycles. The van der Waals surface area contributed by atoms with Crippen LogP contribution < -0.4 is 0 Å². The molecule has 0 radical (unpaired) electrons. The van der Waals surface area contributed by atoms with E-state index in [0.29, 0.717) is 0 Å². The predicted octanol–water partition coefficient (Wildman–Crippen LogP) is 3.57. The van der Waals surface area contributed by atoms with E-state index in [0.717, 1.165) is 21.8 Å². The van der Waals surface area contributed by atoms with Crippen molar-refractivity contribution in [2.24, 2.45) is 0 Å². The smallest absolute Gasteiger partial charge is 0.250 e. The normalized spacial score (nSPS) is 17.5. The second-order valence-corrected chi connectivity index (χ2v) is 6.15. The number of hydrogen-bond donors (Lipinski definition) is 1. The van der Waals surface area contributed by atoms with Gasteiger partial charge in [0.25, 0.3) is 5.91 Å². The van der Waals surface area contributed by atoms with Crippen LogP contribution in [-0.4, -0.2) is 25.8 Å². The molecule has 3 aromatic rings. The summed E-state index contributed by atoms with van der Waals surface area (Å²) in [6.07, 6.45) is 3.77. The Bertz CT molecular complexity index is 897. The average Bonchev–Trinajstić information content (AvgIpc) is 3.04. The van der Waals surface area contributed by atoms with Crippen LogP contribution in [-0.2, 0) is 0 Å². The minimum absolute atomic E-state index is 0.0312. The molecule has 4 rings (SSSR count). The van der Waals surface area contributed by atoms with Crippen molar-refractivity contribution >= 4 is 34.8 Å². The number of phenolic OH excluding ortho intramolecular Hbond substituents is 1. The van der Waals surface area contributed by atoms with Crippen LogP contribution in [0.25, 0.3) is 17.1 Å². The van der Waals surface area contributed by atoms with Gasteiger partial charge in [0, 0.05) is 0 Å². The van der Waals surface area contributed by atoms with Crippen molar-refractivity contribution in [3.05, 3.63) is 60.2 Å². The summed E-state index contributed by atoms with van der Waals surface area (Å²) in [6.45, 7) is 0. The van der Waals surface area contributed by atoms with Crippen molar-refractivity contribution < 1.29 is 9.90 Å². The summed E-state index contributed by atoms with van der Waals surface area (Å²) >= 11 is 1.46. The number of para-hydroxylation sites is 2. The van der Waals surface area contributed by atoms with E-state index in [1.54, 1.807) is 16.7 Å². The number of aromatic hydroxyl groups is 1. The quantitative estimate of drug-likeness (QED) is 0.786. The fraction of sp³-hybridized carbons (Fsp3) is 0.0588. The molecular weight excluding hydrogens is 296 g/mol. The van der Waals surface area contributed by atoms with Crippen molar-refractivity contribution in [3.63, 3.8) is 0 Å². The third kappa shape index (κ3) is 2.10. The van der Waals surface area contributed by atoms with Crippen LogP contribution in [0.5, 0.6) is 5.75 Å². The maximum absolute atomic E-state index is 12.6. The van der Waals surface area contributed by atoms with Gasteiger partial charge >= 0.3 is 0 Å². The number of fused-ring (bicyclic) bond motifs is 3. The Morgan fingerprint density at radius 2 is 1.91 bits per heavy atom. The van der Waals surface area contributed by atoms with Gasteiger partial charge in [-0.2, -0.15) is 0 Å². The van der Waals surface area contributed by atoms with E-state index >= 15 is 0 Å². The van der Waals surface area contributed by atoms with Gasteiger partial charge in [-0.15, -0.1) is 0 Å². The molecule has 2 aromatic carbocycles. The van der Waals surface area contributed by atoms with Gasteiger partial charge in [0.1, 0.15) is 11.0 Å². The van der Waals surface area contributed by atoms with E-state index < -0.39 is 0 Å². The van der Waals surface area contributed by atoms with Crippen molar-refractivity contribution in [2.75, 3.05) is 0 Å². The van der Waals surface area contributed by atoms with Crippen LogP contribution in [0.2, 0.25) is 0 Å². The van der Waals surface area contributed by atoms with Gasteiger partial charge in [0.05, 0.1) is 11.0 Å². The standard InChI is InChI=1S/C17H12N2O2S/c20-12-8-5-11(6-9-12)7-10-15-16(21)19-14-4-2-1-3-13(14)18-17(19)22-15/h1-10,15,20H/b10-7+. The number of rotatable bonds is 2. The number of carbonyl (C=O) groups excluding carboxylic acids is 1. The first-order valence-electron chi connectivity index (χ1n) is 6.88. The van der Waals surface area contributed by atoms with Crippen molar-refractivity contribution in [1.82, 2.24) is 9.55 Å². The van der Waals surface area contributed by atoms with Gasteiger partial charge in [0.15, 0.2) is 5.16 Å². The summed E-state index contributed by atoms with van der Waals surface area (Å²) in [4.78, 5) is 17.1. The fourth-order valence-corrected chi connectivity index (χ4v) is 3.53. The third-order valence-corrected chi connectivity index (χ3v) is 4.68. The summed E-state index contributed by atoms with van der Waals surface area (Å²) in [6, 6.07) is 14.5. The summed E-state index contributed by atoms with van der Waals surface area (Å²) in [7, 11) is 0.